The van der Waals surface area contributed by atoms with Crippen LogP contribution in [0.2, 0.25) is 0 Å². The molecule has 1 unspecified atom stereocenters. The smallest absolute Gasteiger partial charge is 0.304 e. The van der Waals surface area contributed by atoms with Crippen LogP contribution >= 0.6 is 0 Å². The van der Waals surface area contributed by atoms with Gasteiger partial charge >= 0.3 is 5.97 Å². The molecule has 5 heteroatoms. The number of hydrogen-bond acceptors (Lipinski definition) is 4. The van der Waals surface area contributed by atoms with Crippen molar-refractivity contribution in [2.45, 2.75) is 13.2 Å². The van der Waals surface area contributed by atoms with E-state index in [9.17, 15) is 9.59 Å². The molecule has 0 aromatic rings. The van der Waals surface area contributed by atoms with Crippen molar-refractivity contribution in [3.05, 3.63) is 11.6 Å². The Morgan fingerprint density at radius 2 is 2.29 bits per heavy atom. The maximum absolute atomic E-state index is 11.3. The third-order valence-electron chi connectivity index (χ3n) is 1.91. The van der Waals surface area contributed by atoms with E-state index in [0.29, 0.717) is 5.57 Å². The van der Waals surface area contributed by atoms with Crippen LogP contribution in [0.3, 0.4) is 0 Å². The van der Waals surface area contributed by atoms with Gasteiger partial charge in [0.1, 0.15) is 0 Å². The molecule has 1 amide bonds. The maximum atomic E-state index is 11.3. The largest absolute Gasteiger partial charge is 0.438 e. The number of nitrogens with zero attached hydrogens (tertiary/aromatic N) is 1. The normalized spacial score (nSPS) is 21.1. The molecule has 0 aromatic heterocycles. The van der Waals surface area contributed by atoms with Gasteiger partial charge in [0.25, 0.3) is 0 Å². The average Bonchev–Trinajstić information content (AvgIpc) is 2.33. The Labute approximate surface area is 82.3 Å². The average molecular weight is 199 g/mol. The van der Waals surface area contributed by atoms with E-state index >= 15 is 0 Å². The first-order chi connectivity index (χ1) is 6.56. The highest BCUT2D eigenvalue weighted by Gasteiger charge is 2.31. The lowest BCUT2D eigenvalue weighted by Gasteiger charge is -2.22. The van der Waals surface area contributed by atoms with Gasteiger partial charge in [0, 0.05) is 32.7 Å². The van der Waals surface area contributed by atoms with Crippen molar-refractivity contribution in [3.8, 4) is 0 Å². The Kier molecular flexibility index (Phi) is 3.24. The van der Waals surface area contributed by atoms with E-state index in [2.05, 4.69) is 0 Å². The molecular formula is C9H13NO4. The molecule has 1 aliphatic rings. The minimum atomic E-state index is -0.611. The van der Waals surface area contributed by atoms with Gasteiger partial charge in [0.15, 0.2) is 0 Å². The Hall–Kier alpha value is -1.36. The predicted molar refractivity (Wildman–Crippen MR) is 48.3 cm³/mol. The van der Waals surface area contributed by atoms with Gasteiger partial charge < -0.3 is 14.4 Å². The van der Waals surface area contributed by atoms with E-state index in [1.165, 1.54) is 25.0 Å². The molecule has 0 aliphatic carbocycles. The molecule has 14 heavy (non-hydrogen) atoms. The lowest BCUT2D eigenvalue weighted by molar-refractivity contribution is -0.154. The van der Waals surface area contributed by atoms with Crippen LogP contribution in [0.1, 0.15) is 6.92 Å². The number of rotatable bonds is 3. The van der Waals surface area contributed by atoms with Gasteiger partial charge in [-0.3, -0.25) is 9.59 Å². The SMILES string of the molecule is COCC1=CC(=O)N(C)C1OC(C)=O. The van der Waals surface area contributed by atoms with E-state index in [0.717, 1.165) is 0 Å². The van der Waals surface area contributed by atoms with Gasteiger partial charge in [-0.15, -0.1) is 0 Å². The van der Waals surface area contributed by atoms with Crippen molar-refractivity contribution in [1.82, 2.24) is 4.90 Å². The molecule has 1 aliphatic heterocycles. The van der Waals surface area contributed by atoms with Crippen LogP contribution in [-0.2, 0) is 19.1 Å². The number of amides is 1. The van der Waals surface area contributed by atoms with Crippen molar-refractivity contribution in [2.75, 3.05) is 20.8 Å². The van der Waals surface area contributed by atoms with E-state index in [1.807, 2.05) is 0 Å². The molecule has 1 heterocycles. The predicted octanol–water partition coefficient (Wildman–Crippen LogP) is -0.0796. The second kappa shape index (κ2) is 4.23. The third kappa shape index (κ3) is 2.11. The fraction of sp³-hybridized carbons (Fsp3) is 0.556. The molecule has 0 saturated carbocycles. The van der Waals surface area contributed by atoms with Crippen molar-refractivity contribution < 1.29 is 19.1 Å². The number of likely N-dealkylation sites (N-methyl/N-ethyl adjacent to an activating group) is 1. The summed E-state index contributed by atoms with van der Waals surface area (Å²) in [5.41, 5.74) is 0.662. The van der Waals surface area contributed by atoms with Crippen LogP contribution in [0.5, 0.6) is 0 Å². The molecule has 0 spiro atoms. The summed E-state index contributed by atoms with van der Waals surface area (Å²) < 4.78 is 9.87. The number of esters is 1. The number of carbonyl (C=O) groups is 2. The maximum Gasteiger partial charge on any atom is 0.304 e. The number of hydrogen-bond donors (Lipinski definition) is 0. The zero-order valence-electron chi connectivity index (χ0n) is 8.44. The standard InChI is InChI=1S/C9H13NO4/c1-6(11)14-9-7(5-13-3)4-8(12)10(9)2/h4,9H,5H2,1-3H3. The van der Waals surface area contributed by atoms with Gasteiger partial charge in [0.05, 0.1) is 6.61 Å². The lowest BCUT2D eigenvalue weighted by atomic mass is 10.3. The molecule has 0 aromatic carbocycles. The summed E-state index contributed by atoms with van der Waals surface area (Å²) in [6, 6.07) is 0. The molecule has 1 atom stereocenters. The van der Waals surface area contributed by atoms with Crippen LogP contribution in [0.15, 0.2) is 11.6 Å². The highest BCUT2D eigenvalue weighted by atomic mass is 16.6. The topological polar surface area (TPSA) is 55.8 Å². The third-order valence-corrected chi connectivity index (χ3v) is 1.91. The first-order valence-electron chi connectivity index (χ1n) is 4.19. The van der Waals surface area contributed by atoms with E-state index in [1.54, 1.807) is 7.05 Å². The summed E-state index contributed by atoms with van der Waals surface area (Å²) in [7, 11) is 3.10. The van der Waals surface area contributed by atoms with E-state index < -0.39 is 12.2 Å². The van der Waals surface area contributed by atoms with Crippen molar-refractivity contribution >= 4 is 11.9 Å². The monoisotopic (exact) mass is 199 g/mol. The van der Waals surface area contributed by atoms with Crippen molar-refractivity contribution in [1.29, 1.82) is 0 Å². The summed E-state index contributed by atoms with van der Waals surface area (Å²) in [6.07, 6.45) is 0.817. The quantitative estimate of drug-likeness (QED) is 0.596. The van der Waals surface area contributed by atoms with Crippen LogP contribution in [0.25, 0.3) is 0 Å². The molecule has 0 fully saturated rings. The minimum Gasteiger partial charge on any atom is -0.438 e. The molecular weight excluding hydrogens is 186 g/mol. The summed E-state index contributed by atoms with van der Waals surface area (Å²) in [5, 5.41) is 0. The number of ether oxygens (including phenoxy) is 2. The molecule has 5 nitrogen and oxygen atoms in total. The first kappa shape index (κ1) is 10.7. The van der Waals surface area contributed by atoms with Gasteiger partial charge in [-0.05, 0) is 0 Å². The fourth-order valence-electron chi connectivity index (χ4n) is 1.29. The second-order valence-electron chi connectivity index (χ2n) is 3.06. The van der Waals surface area contributed by atoms with Crippen molar-refractivity contribution in [3.63, 3.8) is 0 Å². The first-order valence-corrected chi connectivity index (χ1v) is 4.19. The minimum absolute atomic E-state index is 0.177. The summed E-state index contributed by atoms with van der Waals surface area (Å²) >= 11 is 0. The summed E-state index contributed by atoms with van der Waals surface area (Å²) in [4.78, 5) is 23.4. The molecule has 1 rings (SSSR count). The van der Waals surface area contributed by atoms with Gasteiger partial charge in [0.2, 0.25) is 12.1 Å². The summed E-state index contributed by atoms with van der Waals surface area (Å²) in [6.45, 7) is 1.59. The molecule has 0 bridgehead atoms. The fourth-order valence-corrected chi connectivity index (χ4v) is 1.29. The molecule has 78 valence electrons. The molecule has 0 saturated heterocycles. The van der Waals surface area contributed by atoms with E-state index in [4.69, 9.17) is 9.47 Å². The van der Waals surface area contributed by atoms with Gasteiger partial charge in [-0.25, -0.2) is 0 Å². The highest BCUT2D eigenvalue weighted by Crippen LogP contribution is 2.19. The van der Waals surface area contributed by atoms with Crippen molar-refractivity contribution in [2.24, 2.45) is 0 Å². The Morgan fingerprint density at radius 3 is 2.79 bits per heavy atom. The van der Waals surface area contributed by atoms with Crippen LogP contribution in [0.4, 0.5) is 0 Å². The van der Waals surface area contributed by atoms with Gasteiger partial charge in [-0.1, -0.05) is 0 Å². The van der Waals surface area contributed by atoms with Crippen LogP contribution in [-0.4, -0.2) is 43.8 Å². The zero-order valence-corrected chi connectivity index (χ0v) is 8.44. The Bertz CT molecular complexity index is 285. The second-order valence-corrected chi connectivity index (χ2v) is 3.06. The number of methoxy groups -OCH3 is 1. The molecule has 0 radical (unpaired) electrons. The Morgan fingerprint density at radius 1 is 1.64 bits per heavy atom. The van der Waals surface area contributed by atoms with Crippen LogP contribution < -0.4 is 0 Å². The number of carbonyl (C=O) groups excluding carboxylic acids is 2. The highest BCUT2D eigenvalue weighted by molar-refractivity contribution is 5.91. The van der Waals surface area contributed by atoms with Gasteiger partial charge in [-0.2, -0.15) is 0 Å². The summed E-state index contributed by atoms with van der Waals surface area (Å²) in [5.74, 6) is -0.596. The van der Waals surface area contributed by atoms with Crippen LogP contribution in [0, 0.1) is 0 Å². The molecule has 0 N–H and O–H groups in total. The lowest BCUT2D eigenvalue weighted by Crippen LogP contribution is -2.35. The zero-order chi connectivity index (χ0) is 10.7. The van der Waals surface area contributed by atoms with E-state index in [-0.39, 0.29) is 12.5 Å². The Balaban J connectivity index is 2.75.